The first kappa shape index (κ1) is 12.5. The number of nitrogens with one attached hydrogen (secondary N) is 1. The molecule has 94 valence electrons. The molecule has 1 aromatic rings. The lowest BCUT2D eigenvalue weighted by atomic mass is 9.86. The number of aromatic nitrogens is 1. The third kappa shape index (κ3) is 2.50. The first-order chi connectivity index (χ1) is 8.17. The highest BCUT2D eigenvalue weighted by atomic mass is 16.5. The smallest absolute Gasteiger partial charge is 0.0849 e. The maximum absolute atomic E-state index is 5.97. The molecule has 0 aromatic carbocycles. The second-order valence-corrected chi connectivity index (χ2v) is 4.99. The van der Waals surface area contributed by atoms with Gasteiger partial charge in [-0.2, -0.15) is 0 Å². The summed E-state index contributed by atoms with van der Waals surface area (Å²) >= 11 is 0. The highest BCUT2D eigenvalue weighted by molar-refractivity contribution is 5.28. The van der Waals surface area contributed by atoms with E-state index in [0.29, 0.717) is 0 Å². The van der Waals surface area contributed by atoms with Crippen molar-refractivity contribution in [3.63, 3.8) is 0 Å². The van der Waals surface area contributed by atoms with E-state index in [-0.39, 0.29) is 11.6 Å². The number of hydrogen-bond donors (Lipinski definition) is 1. The number of hydrogen-bond acceptors (Lipinski definition) is 3. The highest BCUT2D eigenvalue weighted by Gasteiger charge is 2.39. The third-order valence-corrected chi connectivity index (χ3v) is 3.66. The zero-order valence-electron chi connectivity index (χ0n) is 11.0. The van der Waals surface area contributed by atoms with Gasteiger partial charge in [0.2, 0.25) is 0 Å². The average Bonchev–Trinajstić information content (AvgIpc) is 2.75. The molecular weight excluding hydrogens is 212 g/mol. The van der Waals surface area contributed by atoms with Crippen molar-refractivity contribution in [1.29, 1.82) is 0 Å². The standard InChI is InChI=1S/C14H22N2O/c1-4-16-13(14(3)7-5-9-17-14)12-10-15-8-6-11(12)2/h6,8,10,13,16H,4-5,7,9H2,1-3H3. The van der Waals surface area contributed by atoms with Crippen LogP contribution in [0.15, 0.2) is 18.5 Å². The highest BCUT2D eigenvalue weighted by Crippen LogP contribution is 2.38. The number of aryl methyl sites for hydroxylation is 1. The molecule has 2 atom stereocenters. The van der Waals surface area contributed by atoms with Crippen LogP contribution in [0.4, 0.5) is 0 Å². The number of rotatable bonds is 4. The fourth-order valence-corrected chi connectivity index (χ4v) is 2.67. The summed E-state index contributed by atoms with van der Waals surface area (Å²) in [5.41, 5.74) is 2.45. The van der Waals surface area contributed by atoms with Crippen molar-refractivity contribution >= 4 is 0 Å². The molecule has 0 amide bonds. The summed E-state index contributed by atoms with van der Waals surface area (Å²) in [7, 11) is 0. The summed E-state index contributed by atoms with van der Waals surface area (Å²) in [6.07, 6.45) is 6.08. The summed E-state index contributed by atoms with van der Waals surface area (Å²) in [5, 5.41) is 3.56. The lowest BCUT2D eigenvalue weighted by Gasteiger charge is -2.35. The van der Waals surface area contributed by atoms with Gasteiger partial charge in [0, 0.05) is 19.0 Å². The quantitative estimate of drug-likeness (QED) is 0.869. The topological polar surface area (TPSA) is 34.2 Å². The summed E-state index contributed by atoms with van der Waals surface area (Å²) < 4.78 is 5.97. The minimum Gasteiger partial charge on any atom is -0.373 e. The van der Waals surface area contributed by atoms with Crippen molar-refractivity contribution in [3.05, 3.63) is 29.6 Å². The van der Waals surface area contributed by atoms with Gasteiger partial charge in [0.25, 0.3) is 0 Å². The largest absolute Gasteiger partial charge is 0.373 e. The molecule has 3 nitrogen and oxygen atoms in total. The van der Waals surface area contributed by atoms with Gasteiger partial charge in [0.05, 0.1) is 11.6 Å². The molecule has 3 heteroatoms. The monoisotopic (exact) mass is 234 g/mol. The van der Waals surface area contributed by atoms with Gasteiger partial charge in [-0.25, -0.2) is 0 Å². The predicted molar refractivity (Wildman–Crippen MR) is 69.0 cm³/mol. The first-order valence-corrected chi connectivity index (χ1v) is 6.45. The molecule has 2 heterocycles. The summed E-state index contributed by atoms with van der Waals surface area (Å²) in [4.78, 5) is 4.26. The van der Waals surface area contributed by atoms with E-state index in [0.717, 1.165) is 26.0 Å². The summed E-state index contributed by atoms with van der Waals surface area (Å²) in [6.45, 7) is 8.30. The van der Waals surface area contributed by atoms with Gasteiger partial charge < -0.3 is 10.1 Å². The number of ether oxygens (including phenoxy) is 1. The van der Waals surface area contributed by atoms with Crippen molar-refractivity contribution in [1.82, 2.24) is 10.3 Å². The molecule has 0 aliphatic carbocycles. The van der Waals surface area contributed by atoms with Crippen molar-refractivity contribution < 1.29 is 4.74 Å². The molecule has 2 rings (SSSR count). The number of likely N-dealkylation sites (N-methyl/N-ethyl adjacent to an activating group) is 1. The molecule has 0 bridgehead atoms. The predicted octanol–water partition coefficient (Wildman–Crippen LogP) is 2.61. The lowest BCUT2D eigenvalue weighted by molar-refractivity contribution is -0.0123. The molecule has 1 aliphatic heterocycles. The van der Waals surface area contributed by atoms with E-state index in [2.05, 4.69) is 37.1 Å². The van der Waals surface area contributed by atoms with E-state index in [1.165, 1.54) is 11.1 Å². The van der Waals surface area contributed by atoms with Gasteiger partial charge in [-0.05, 0) is 50.4 Å². The number of nitrogens with zero attached hydrogens (tertiary/aromatic N) is 1. The van der Waals surface area contributed by atoms with Crippen molar-refractivity contribution in [2.24, 2.45) is 0 Å². The van der Waals surface area contributed by atoms with Gasteiger partial charge in [-0.15, -0.1) is 0 Å². The molecule has 17 heavy (non-hydrogen) atoms. The van der Waals surface area contributed by atoms with Gasteiger partial charge in [-0.3, -0.25) is 4.98 Å². The molecule has 2 unspecified atom stereocenters. The minimum atomic E-state index is -0.0934. The molecule has 1 aromatic heterocycles. The van der Waals surface area contributed by atoms with E-state index in [9.17, 15) is 0 Å². The van der Waals surface area contributed by atoms with Crippen molar-refractivity contribution in [2.45, 2.75) is 45.3 Å². The van der Waals surface area contributed by atoms with Crippen LogP contribution in [0.1, 0.15) is 43.9 Å². The SMILES string of the molecule is CCNC(c1cnccc1C)C1(C)CCCO1. The normalized spacial score (nSPS) is 26.1. The Labute approximate surface area is 104 Å². The molecular formula is C14H22N2O. The molecule has 0 radical (unpaired) electrons. The fourth-order valence-electron chi connectivity index (χ4n) is 2.67. The Morgan fingerprint density at radius 1 is 1.59 bits per heavy atom. The van der Waals surface area contributed by atoms with Crippen LogP contribution in [0.3, 0.4) is 0 Å². The Hall–Kier alpha value is -0.930. The van der Waals surface area contributed by atoms with E-state index >= 15 is 0 Å². The van der Waals surface area contributed by atoms with Gasteiger partial charge in [0.1, 0.15) is 0 Å². The molecule has 0 spiro atoms. The van der Waals surface area contributed by atoms with Crippen LogP contribution < -0.4 is 5.32 Å². The van der Waals surface area contributed by atoms with Crippen LogP contribution in [-0.2, 0) is 4.74 Å². The van der Waals surface area contributed by atoms with Gasteiger partial charge in [0.15, 0.2) is 0 Å². The third-order valence-electron chi connectivity index (χ3n) is 3.66. The maximum atomic E-state index is 5.97. The van der Waals surface area contributed by atoms with Crippen LogP contribution >= 0.6 is 0 Å². The summed E-state index contributed by atoms with van der Waals surface area (Å²) in [6, 6.07) is 2.31. The second kappa shape index (κ2) is 5.15. The fraction of sp³-hybridized carbons (Fsp3) is 0.643. The Bertz CT molecular complexity index is 372. The van der Waals surface area contributed by atoms with E-state index in [1.54, 1.807) is 0 Å². The van der Waals surface area contributed by atoms with Crippen LogP contribution in [0.2, 0.25) is 0 Å². The first-order valence-electron chi connectivity index (χ1n) is 6.45. The van der Waals surface area contributed by atoms with Gasteiger partial charge >= 0.3 is 0 Å². The van der Waals surface area contributed by atoms with E-state index in [4.69, 9.17) is 4.74 Å². The zero-order valence-corrected chi connectivity index (χ0v) is 11.0. The Balaban J connectivity index is 2.32. The average molecular weight is 234 g/mol. The maximum Gasteiger partial charge on any atom is 0.0849 e. The molecule has 1 N–H and O–H groups in total. The lowest BCUT2D eigenvalue weighted by Crippen LogP contribution is -2.41. The Morgan fingerprint density at radius 2 is 2.41 bits per heavy atom. The van der Waals surface area contributed by atoms with Crippen LogP contribution in [-0.4, -0.2) is 23.7 Å². The Morgan fingerprint density at radius 3 is 3.00 bits per heavy atom. The summed E-state index contributed by atoms with van der Waals surface area (Å²) in [5.74, 6) is 0. The van der Waals surface area contributed by atoms with E-state index < -0.39 is 0 Å². The Kier molecular flexibility index (Phi) is 3.79. The number of pyridine rings is 1. The molecule has 1 aliphatic rings. The minimum absolute atomic E-state index is 0.0934. The van der Waals surface area contributed by atoms with Crippen LogP contribution in [0.25, 0.3) is 0 Å². The molecule has 0 saturated carbocycles. The van der Waals surface area contributed by atoms with Gasteiger partial charge in [-0.1, -0.05) is 6.92 Å². The molecule has 1 fully saturated rings. The van der Waals surface area contributed by atoms with Crippen molar-refractivity contribution in [3.8, 4) is 0 Å². The van der Waals surface area contributed by atoms with Crippen molar-refractivity contribution in [2.75, 3.05) is 13.2 Å². The molecule has 1 saturated heterocycles. The second-order valence-electron chi connectivity index (χ2n) is 4.99. The van der Waals surface area contributed by atoms with E-state index in [1.807, 2.05) is 12.4 Å². The van der Waals surface area contributed by atoms with Crippen LogP contribution in [0, 0.1) is 6.92 Å². The zero-order chi connectivity index (χ0) is 12.3. The van der Waals surface area contributed by atoms with Crippen LogP contribution in [0.5, 0.6) is 0 Å².